The van der Waals surface area contributed by atoms with E-state index < -0.39 is 10.0 Å². The van der Waals surface area contributed by atoms with Crippen LogP contribution in [0.25, 0.3) is 0 Å². The van der Waals surface area contributed by atoms with Gasteiger partial charge in [-0.05, 0) is 32.6 Å². The zero-order chi connectivity index (χ0) is 11.4. The van der Waals surface area contributed by atoms with Crippen molar-refractivity contribution in [2.24, 2.45) is 5.92 Å². The van der Waals surface area contributed by atoms with E-state index in [1.165, 1.54) is 4.31 Å². The van der Waals surface area contributed by atoms with Crippen LogP contribution >= 0.6 is 0 Å². The van der Waals surface area contributed by atoms with Crippen LogP contribution in [-0.2, 0) is 10.0 Å². The van der Waals surface area contributed by atoms with Crippen molar-refractivity contribution < 1.29 is 8.42 Å². The predicted molar refractivity (Wildman–Crippen MR) is 60.8 cm³/mol. The molecule has 0 amide bonds. The van der Waals surface area contributed by atoms with Crippen molar-refractivity contribution in [1.29, 1.82) is 0 Å². The topological polar surface area (TPSA) is 37.4 Å². The zero-order valence-electron chi connectivity index (χ0n) is 9.95. The van der Waals surface area contributed by atoms with Crippen LogP contribution in [0.4, 0.5) is 0 Å². The van der Waals surface area contributed by atoms with Gasteiger partial charge in [0, 0.05) is 13.6 Å². The SMILES string of the molecule is CC(C)CCCN(C)S(=O)(=O)C(C)C. The molecule has 0 saturated carbocycles. The first-order valence-corrected chi connectivity index (χ1v) is 6.74. The fourth-order valence-corrected chi connectivity index (χ4v) is 2.31. The van der Waals surface area contributed by atoms with Crippen LogP contribution in [0.15, 0.2) is 0 Å². The Bertz CT molecular complexity index is 245. The molecule has 0 fully saturated rings. The number of hydrogen-bond donors (Lipinski definition) is 0. The number of hydrogen-bond acceptors (Lipinski definition) is 2. The molecular weight excluding hydrogens is 198 g/mol. The highest BCUT2D eigenvalue weighted by molar-refractivity contribution is 7.89. The standard InChI is InChI=1S/C10H23NO2S/c1-9(2)7-6-8-11(5)14(12,13)10(3)4/h9-10H,6-8H2,1-5H3. The molecule has 3 nitrogen and oxygen atoms in total. The second-order valence-corrected chi connectivity index (χ2v) is 7.05. The molecule has 0 aromatic rings. The Balaban J connectivity index is 4.03. The summed E-state index contributed by atoms with van der Waals surface area (Å²) in [6.07, 6.45) is 2.03. The molecule has 0 aromatic heterocycles. The van der Waals surface area contributed by atoms with Crippen LogP contribution in [0.5, 0.6) is 0 Å². The summed E-state index contributed by atoms with van der Waals surface area (Å²) in [5.74, 6) is 0.644. The van der Waals surface area contributed by atoms with Crippen LogP contribution in [-0.4, -0.2) is 31.6 Å². The quantitative estimate of drug-likeness (QED) is 0.689. The highest BCUT2D eigenvalue weighted by Gasteiger charge is 2.21. The van der Waals surface area contributed by atoms with Crippen LogP contribution in [0.2, 0.25) is 0 Å². The summed E-state index contributed by atoms with van der Waals surface area (Å²) >= 11 is 0. The summed E-state index contributed by atoms with van der Waals surface area (Å²) in [6, 6.07) is 0. The van der Waals surface area contributed by atoms with Gasteiger partial charge in [0.1, 0.15) is 0 Å². The van der Waals surface area contributed by atoms with Crippen LogP contribution < -0.4 is 0 Å². The Morgan fingerprint density at radius 1 is 1.14 bits per heavy atom. The van der Waals surface area contributed by atoms with E-state index in [1.54, 1.807) is 20.9 Å². The molecule has 14 heavy (non-hydrogen) atoms. The first kappa shape index (κ1) is 13.9. The van der Waals surface area contributed by atoms with Crippen LogP contribution in [0.3, 0.4) is 0 Å². The monoisotopic (exact) mass is 221 g/mol. The molecule has 0 aliphatic heterocycles. The Labute approximate surface area is 88.5 Å². The average Bonchev–Trinajstić information content (AvgIpc) is 2.02. The van der Waals surface area contributed by atoms with E-state index in [2.05, 4.69) is 13.8 Å². The van der Waals surface area contributed by atoms with Gasteiger partial charge in [-0.3, -0.25) is 0 Å². The van der Waals surface area contributed by atoms with Crippen molar-refractivity contribution in [3.8, 4) is 0 Å². The van der Waals surface area contributed by atoms with E-state index in [0.29, 0.717) is 12.5 Å². The average molecular weight is 221 g/mol. The third-order valence-electron chi connectivity index (χ3n) is 2.28. The minimum atomic E-state index is -3.04. The second kappa shape index (κ2) is 5.71. The molecule has 0 aromatic carbocycles. The lowest BCUT2D eigenvalue weighted by Crippen LogP contribution is -2.33. The maximum absolute atomic E-state index is 11.6. The molecule has 4 heteroatoms. The van der Waals surface area contributed by atoms with E-state index in [-0.39, 0.29) is 5.25 Å². The molecule has 0 spiro atoms. The maximum Gasteiger partial charge on any atom is 0.216 e. The molecule has 0 aliphatic rings. The normalized spacial score (nSPS) is 13.1. The Hall–Kier alpha value is -0.0900. The molecule has 0 radical (unpaired) electrons. The summed E-state index contributed by atoms with van der Waals surface area (Å²) in [5, 5.41) is -0.313. The van der Waals surface area contributed by atoms with E-state index >= 15 is 0 Å². The van der Waals surface area contributed by atoms with Gasteiger partial charge in [-0.15, -0.1) is 0 Å². The number of rotatable bonds is 6. The van der Waals surface area contributed by atoms with Crippen molar-refractivity contribution >= 4 is 10.0 Å². The fraction of sp³-hybridized carbons (Fsp3) is 1.00. The lowest BCUT2D eigenvalue weighted by Gasteiger charge is -2.19. The van der Waals surface area contributed by atoms with Gasteiger partial charge in [0.15, 0.2) is 0 Å². The van der Waals surface area contributed by atoms with Crippen LogP contribution in [0, 0.1) is 5.92 Å². The second-order valence-electron chi connectivity index (χ2n) is 4.45. The molecular formula is C10H23NO2S. The predicted octanol–water partition coefficient (Wildman–Crippen LogP) is 2.09. The van der Waals surface area contributed by atoms with Gasteiger partial charge in [-0.2, -0.15) is 0 Å². The molecule has 0 unspecified atom stereocenters. The summed E-state index contributed by atoms with van der Waals surface area (Å²) in [4.78, 5) is 0. The van der Waals surface area contributed by atoms with Crippen molar-refractivity contribution in [1.82, 2.24) is 4.31 Å². The van der Waals surface area contributed by atoms with Gasteiger partial charge in [0.25, 0.3) is 0 Å². The third-order valence-corrected chi connectivity index (χ3v) is 4.53. The summed E-state index contributed by atoms with van der Waals surface area (Å²) in [7, 11) is -1.38. The summed E-state index contributed by atoms with van der Waals surface area (Å²) in [6.45, 7) is 8.37. The van der Waals surface area contributed by atoms with Gasteiger partial charge in [-0.1, -0.05) is 13.8 Å². The van der Waals surface area contributed by atoms with Crippen molar-refractivity contribution in [3.05, 3.63) is 0 Å². The Morgan fingerprint density at radius 3 is 2.00 bits per heavy atom. The summed E-state index contributed by atoms with van der Waals surface area (Å²) in [5.41, 5.74) is 0. The molecule has 0 bridgehead atoms. The van der Waals surface area contributed by atoms with Gasteiger partial charge in [-0.25, -0.2) is 12.7 Å². The van der Waals surface area contributed by atoms with Gasteiger partial charge in [0.05, 0.1) is 5.25 Å². The van der Waals surface area contributed by atoms with E-state index in [0.717, 1.165) is 12.8 Å². The molecule has 0 saturated heterocycles. The molecule has 0 rings (SSSR count). The van der Waals surface area contributed by atoms with E-state index in [4.69, 9.17) is 0 Å². The van der Waals surface area contributed by atoms with Crippen molar-refractivity contribution in [2.45, 2.75) is 45.8 Å². The number of nitrogens with zero attached hydrogens (tertiary/aromatic N) is 1. The lowest BCUT2D eigenvalue weighted by atomic mass is 10.1. The maximum atomic E-state index is 11.6. The Morgan fingerprint density at radius 2 is 1.64 bits per heavy atom. The zero-order valence-corrected chi connectivity index (χ0v) is 10.8. The molecule has 0 heterocycles. The fourth-order valence-electron chi connectivity index (χ4n) is 1.21. The number of sulfonamides is 1. The summed E-state index contributed by atoms with van der Waals surface area (Å²) < 4.78 is 24.7. The Kier molecular flexibility index (Phi) is 5.67. The van der Waals surface area contributed by atoms with E-state index in [1.807, 2.05) is 0 Å². The largest absolute Gasteiger partial charge is 0.216 e. The third kappa shape index (κ3) is 4.42. The van der Waals surface area contributed by atoms with Crippen LogP contribution in [0.1, 0.15) is 40.5 Å². The highest BCUT2D eigenvalue weighted by atomic mass is 32.2. The molecule has 0 N–H and O–H groups in total. The minimum absolute atomic E-state index is 0.313. The van der Waals surface area contributed by atoms with Gasteiger partial charge >= 0.3 is 0 Å². The van der Waals surface area contributed by atoms with E-state index in [9.17, 15) is 8.42 Å². The van der Waals surface area contributed by atoms with Crippen molar-refractivity contribution in [2.75, 3.05) is 13.6 Å². The van der Waals surface area contributed by atoms with Gasteiger partial charge in [0.2, 0.25) is 10.0 Å². The lowest BCUT2D eigenvalue weighted by molar-refractivity contribution is 0.430. The van der Waals surface area contributed by atoms with Gasteiger partial charge < -0.3 is 0 Å². The highest BCUT2D eigenvalue weighted by Crippen LogP contribution is 2.09. The van der Waals surface area contributed by atoms with Crippen molar-refractivity contribution in [3.63, 3.8) is 0 Å². The molecule has 0 aliphatic carbocycles. The smallest absolute Gasteiger partial charge is 0.212 e. The minimum Gasteiger partial charge on any atom is -0.212 e. The first-order valence-electron chi connectivity index (χ1n) is 5.23. The molecule has 0 atom stereocenters. The molecule has 86 valence electrons. The first-order chi connectivity index (χ1) is 6.28.